The van der Waals surface area contributed by atoms with E-state index in [1.807, 2.05) is 13.8 Å². The average molecular weight is 400 g/mol. The van der Waals surface area contributed by atoms with Crippen molar-refractivity contribution in [2.45, 2.75) is 39.3 Å². The molecule has 0 bridgehead atoms. The highest BCUT2D eigenvalue weighted by atomic mass is 19.1. The molecule has 1 aromatic carbocycles. The van der Waals surface area contributed by atoms with Crippen molar-refractivity contribution in [3.63, 3.8) is 0 Å². The van der Waals surface area contributed by atoms with Crippen LogP contribution in [-0.4, -0.2) is 36.0 Å². The van der Waals surface area contributed by atoms with Crippen LogP contribution in [0, 0.1) is 18.7 Å². The lowest BCUT2D eigenvalue weighted by molar-refractivity contribution is 0.0931. The van der Waals surface area contributed by atoms with Gasteiger partial charge in [0.25, 0.3) is 11.5 Å². The van der Waals surface area contributed by atoms with Crippen LogP contribution in [0.5, 0.6) is 0 Å². The van der Waals surface area contributed by atoms with E-state index in [1.54, 1.807) is 12.1 Å². The van der Waals surface area contributed by atoms with Crippen molar-refractivity contribution in [2.75, 3.05) is 13.7 Å². The SMILES string of the molecule is CCO[C@@H]1C[C@H]1CC(=O)c1cc(C(=O)NC)c(=O)n(Cc2cc(C)ccc2F)c1. The van der Waals surface area contributed by atoms with Crippen molar-refractivity contribution < 1.29 is 18.7 Å². The summed E-state index contributed by atoms with van der Waals surface area (Å²) in [4.78, 5) is 37.7. The van der Waals surface area contributed by atoms with Crippen molar-refractivity contribution in [1.29, 1.82) is 0 Å². The number of pyridine rings is 1. The number of carbonyl (C=O) groups is 2. The number of aromatic nitrogens is 1. The molecule has 1 aromatic heterocycles. The standard InChI is InChI=1S/C22H25FN2O4/c1-4-29-20-10-14(20)9-19(26)16-8-17(21(27)24-3)22(28)25(12-16)11-15-7-13(2)5-6-18(15)23/h5-8,12,14,20H,4,9-11H2,1-3H3,(H,24,27)/t14-,20-/m1/s1. The molecule has 7 heteroatoms. The van der Waals surface area contributed by atoms with Gasteiger partial charge in [0.2, 0.25) is 0 Å². The number of rotatable bonds is 8. The van der Waals surface area contributed by atoms with Gasteiger partial charge in [0.05, 0.1) is 12.6 Å². The van der Waals surface area contributed by atoms with E-state index in [1.165, 1.54) is 29.9 Å². The average Bonchev–Trinajstić information content (AvgIpc) is 3.43. The number of nitrogens with zero attached hydrogens (tertiary/aromatic N) is 1. The van der Waals surface area contributed by atoms with Gasteiger partial charge in [-0.25, -0.2) is 4.39 Å². The zero-order valence-electron chi connectivity index (χ0n) is 16.8. The maximum Gasteiger partial charge on any atom is 0.263 e. The lowest BCUT2D eigenvalue weighted by Gasteiger charge is -2.12. The molecule has 1 aliphatic carbocycles. The predicted molar refractivity (Wildman–Crippen MR) is 107 cm³/mol. The van der Waals surface area contributed by atoms with E-state index in [9.17, 15) is 18.8 Å². The number of ether oxygens (including phenoxy) is 1. The molecule has 1 fully saturated rings. The van der Waals surface area contributed by atoms with Crippen LogP contribution >= 0.6 is 0 Å². The van der Waals surface area contributed by atoms with Gasteiger partial charge in [0.1, 0.15) is 11.4 Å². The molecule has 1 amide bonds. The van der Waals surface area contributed by atoms with Crippen molar-refractivity contribution in [2.24, 2.45) is 5.92 Å². The molecule has 1 heterocycles. The number of ketones is 1. The minimum atomic E-state index is -0.582. The van der Waals surface area contributed by atoms with Crippen molar-refractivity contribution in [3.05, 3.63) is 68.9 Å². The summed E-state index contributed by atoms with van der Waals surface area (Å²) in [6, 6.07) is 5.95. The molecule has 0 aliphatic heterocycles. The monoisotopic (exact) mass is 400 g/mol. The number of benzene rings is 1. The Kier molecular flexibility index (Phi) is 6.27. The molecular weight excluding hydrogens is 375 g/mol. The van der Waals surface area contributed by atoms with E-state index < -0.39 is 17.3 Å². The molecule has 0 radical (unpaired) electrons. The number of nitrogens with one attached hydrogen (secondary N) is 1. The summed E-state index contributed by atoms with van der Waals surface area (Å²) >= 11 is 0. The highest BCUT2D eigenvalue weighted by molar-refractivity contribution is 6.00. The molecule has 1 aliphatic rings. The quantitative estimate of drug-likeness (QED) is 0.691. The van der Waals surface area contributed by atoms with Crippen molar-refractivity contribution in [1.82, 2.24) is 9.88 Å². The van der Waals surface area contributed by atoms with Crippen LogP contribution < -0.4 is 10.9 Å². The number of Topliss-reactive ketones (excluding diaryl/α,β-unsaturated/α-hetero) is 1. The molecule has 0 saturated heterocycles. The minimum Gasteiger partial charge on any atom is -0.378 e. The topological polar surface area (TPSA) is 77.4 Å². The molecule has 0 spiro atoms. The van der Waals surface area contributed by atoms with E-state index in [0.29, 0.717) is 12.2 Å². The van der Waals surface area contributed by atoms with Gasteiger partial charge < -0.3 is 14.6 Å². The van der Waals surface area contributed by atoms with E-state index in [-0.39, 0.29) is 41.9 Å². The third kappa shape index (κ3) is 4.79. The Morgan fingerprint density at radius 2 is 2.07 bits per heavy atom. The fraction of sp³-hybridized carbons (Fsp3) is 0.409. The van der Waals surface area contributed by atoms with E-state index in [2.05, 4.69) is 5.32 Å². The summed E-state index contributed by atoms with van der Waals surface area (Å²) < 4.78 is 20.9. The van der Waals surface area contributed by atoms with Crippen molar-refractivity contribution >= 4 is 11.7 Å². The maximum absolute atomic E-state index is 14.2. The Balaban J connectivity index is 1.94. The van der Waals surface area contributed by atoms with Crippen molar-refractivity contribution in [3.8, 4) is 0 Å². The summed E-state index contributed by atoms with van der Waals surface area (Å²) in [6.45, 7) is 4.27. The molecule has 1 N–H and O–H groups in total. The molecule has 0 unspecified atom stereocenters. The summed E-state index contributed by atoms with van der Waals surface area (Å²) in [5.41, 5.74) is 0.726. The van der Waals surface area contributed by atoms with Gasteiger partial charge in [-0.1, -0.05) is 17.7 Å². The second-order valence-corrected chi connectivity index (χ2v) is 7.37. The third-order valence-corrected chi connectivity index (χ3v) is 5.11. The van der Waals surface area contributed by atoms with Gasteiger partial charge in [-0.05, 0) is 38.3 Å². The van der Waals surface area contributed by atoms with Gasteiger partial charge >= 0.3 is 0 Å². The van der Waals surface area contributed by atoms with Gasteiger partial charge in [-0.3, -0.25) is 14.4 Å². The van der Waals surface area contributed by atoms with Gasteiger partial charge in [-0.15, -0.1) is 0 Å². The number of halogens is 1. The first-order valence-corrected chi connectivity index (χ1v) is 9.70. The largest absolute Gasteiger partial charge is 0.378 e. The number of hydrogen-bond donors (Lipinski definition) is 1. The predicted octanol–water partition coefficient (Wildman–Crippen LogP) is 2.70. The summed E-state index contributed by atoms with van der Waals surface area (Å²) in [5.74, 6) is -1.04. The minimum absolute atomic E-state index is 0.0670. The Labute approximate surface area is 168 Å². The van der Waals surface area contributed by atoms with Crippen LogP contribution in [-0.2, 0) is 11.3 Å². The first kappa shape index (κ1) is 20.9. The molecule has 2 aromatic rings. The lowest BCUT2D eigenvalue weighted by Crippen LogP contribution is -2.32. The number of aryl methyl sites for hydroxylation is 1. The second-order valence-electron chi connectivity index (χ2n) is 7.37. The number of carbonyl (C=O) groups excluding carboxylic acids is 2. The Hall–Kier alpha value is -2.80. The van der Waals surface area contributed by atoms with Crippen LogP contribution in [0.15, 0.2) is 35.3 Å². The molecule has 6 nitrogen and oxygen atoms in total. The summed E-state index contributed by atoms with van der Waals surface area (Å²) in [5, 5.41) is 2.42. The fourth-order valence-electron chi connectivity index (χ4n) is 3.42. The Bertz CT molecular complexity index is 999. The molecule has 3 rings (SSSR count). The van der Waals surface area contributed by atoms with Crippen LogP contribution in [0.3, 0.4) is 0 Å². The van der Waals surface area contributed by atoms with Crippen LogP contribution in [0.25, 0.3) is 0 Å². The molecule has 2 atom stereocenters. The third-order valence-electron chi connectivity index (χ3n) is 5.11. The van der Waals surface area contributed by atoms with Crippen LogP contribution in [0.4, 0.5) is 4.39 Å². The van der Waals surface area contributed by atoms with Gasteiger partial charge in [0.15, 0.2) is 5.78 Å². The Morgan fingerprint density at radius 3 is 2.76 bits per heavy atom. The number of amides is 1. The first-order valence-electron chi connectivity index (χ1n) is 9.70. The smallest absolute Gasteiger partial charge is 0.263 e. The Morgan fingerprint density at radius 1 is 1.31 bits per heavy atom. The number of hydrogen-bond acceptors (Lipinski definition) is 4. The normalized spacial score (nSPS) is 17.8. The van der Waals surface area contributed by atoms with Crippen LogP contribution in [0.2, 0.25) is 0 Å². The summed E-state index contributed by atoms with van der Waals surface area (Å²) in [6.07, 6.45) is 2.62. The molecular formula is C22H25FN2O4. The van der Waals surface area contributed by atoms with E-state index in [0.717, 1.165) is 12.0 Å². The molecule has 29 heavy (non-hydrogen) atoms. The zero-order valence-corrected chi connectivity index (χ0v) is 16.8. The van der Waals surface area contributed by atoms with E-state index in [4.69, 9.17) is 4.74 Å². The lowest BCUT2D eigenvalue weighted by atomic mass is 10.0. The van der Waals surface area contributed by atoms with Gasteiger partial charge in [-0.2, -0.15) is 0 Å². The second kappa shape index (κ2) is 8.69. The maximum atomic E-state index is 14.2. The van der Waals surface area contributed by atoms with Gasteiger partial charge in [0, 0.05) is 37.4 Å². The highest BCUT2D eigenvalue weighted by Gasteiger charge is 2.39. The van der Waals surface area contributed by atoms with E-state index >= 15 is 0 Å². The zero-order chi connectivity index (χ0) is 21.1. The highest BCUT2D eigenvalue weighted by Crippen LogP contribution is 2.37. The molecule has 1 saturated carbocycles. The first-order chi connectivity index (χ1) is 13.8. The molecule has 154 valence electrons. The fourth-order valence-corrected chi connectivity index (χ4v) is 3.42. The summed E-state index contributed by atoms with van der Waals surface area (Å²) in [7, 11) is 1.41. The van der Waals surface area contributed by atoms with Crippen LogP contribution in [0.1, 0.15) is 51.6 Å².